The molecule has 2 aromatic heterocycles. The number of benzene rings is 2. The minimum Gasteiger partial charge on any atom is -0.487 e. The summed E-state index contributed by atoms with van der Waals surface area (Å²) < 4.78 is 13.6. The molecule has 0 radical (unpaired) electrons. The third-order valence-corrected chi connectivity index (χ3v) is 8.08. The van der Waals surface area contributed by atoms with Gasteiger partial charge in [-0.1, -0.05) is 30.2 Å². The van der Waals surface area contributed by atoms with E-state index in [0.29, 0.717) is 38.7 Å². The van der Waals surface area contributed by atoms with E-state index < -0.39 is 11.7 Å². The lowest BCUT2D eigenvalue weighted by Gasteiger charge is -2.26. The number of fused-ring (bicyclic) bond motifs is 2. The summed E-state index contributed by atoms with van der Waals surface area (Å²) in [6.45, 7) is 9.08. The van der Waals surface area contributed by atoms with E-state index >= 15 is 0 Å². The van der Waals surface area contributed by atoms with Gasteiger partial charge in [-0.05, 0) is 82.6 Å². The predicted molar refractivity (Wildman–Crippen MR) is 163 cm³/mol. The summed E-state index contributed by atoms with van der Waals surface area (Å²) in [7, 11) is 0. The van der Waals surface area contributed by atoms with E-state index in [0.717, 1.165) is 30.6 Å². The highest BCUT2D eigenvalue weighted by atomic mass is 35.5. The average molecular weight is 587 g/mol. The van der Waals surface area contributed by atoms with Crippen LogP contribution in [0, 0.1) is 0 Å². The van der Waals surface area contributed by atoms with Crippen LogP contribution in [0.5, 0.6) is 5.75 Å². The summed E-state index contributed by atoms with van der Waals surface area (Å²) in [4.78, 5) is 33.5. The third kappa shape index (κ3) is 5.74. The second-order valence-corrected chi connectivity index (χ2v) is 12.4. The molecule has 4 heterocycles. The topological polar surface area (TPSA) is 85.7 Å². The number of pyridine rings is 1. The highest BCUT2D eigenvalue weighted by Crippen LogP contribution is 2.42. The summed E-state index contributed by atoms with van der Waals surface area (Å²) in [5.74, 6) is 0.185. The highest BCUT2D eigenvalue weighted by molar-refractivity contribution is 6.34. The number of piperidine rings is 1. The molecule has 0 unspecified atom stereocenters. The van der Waals surface area contributed by atoms with Crippen LogP contribution in [0.4, 0.5) is 4.79 Å². The fourth-order valence-electron chi connectivity index (χ4n) is 5.76. The Labute approximate surface area is 250 Å². The number of aromatic nitrogens is 2. The van der Waals surface area contributed by atoms with Gasteiger partial charge < -0.3 is 14.8 Å². The van der Waals surface area contributed by atoms with Gasteiger partial charge in [0.15, 0.2) is 0 Å². The maximum Gasteiger partial charge on any atom is 0.419 e. The molecule has 1 saturated heterocycles. The lowest BCUT2D eigenvalue weighted by atomic mass is 9.99. The van der Waals surface area contributed by atoms with Gasteiger partial charge in [0, 0.05) is 47.6 Å². The molecule has 2 aromatic carbocycles. The fourth-order valence-corrected chi connectivity index (χ4v) is 6.03. The number of hydrogen-bond acceptors (Lipinski definition) is 6. The van der Waals surface area contributed by atoms with Crippen molar-refractivity contribution in [1.29, 1.82) is 0 Å². The summed E-state index contributed by atoms with van der Waals surface area (Å²) in [6.07, 6.45) is 6.64. The monoisotopic (exact) mass is 586 g/mol. The van der Waals surface area contributed by atoms with Crippen molar-refractivity contribution >= 4 is 34.5 Å². The van der Waals surface area contributed by atoms with Crippen molar-refractivity contribution in [2.75, 3.05) is 13.1 Å². The molecule has 0 bridgehead atoms. The van der Waals surface area contributed by atoms with Crippen molar-refractivity contribution in [3.8, 4) is 17.0 Å². The second kappa shape index (κ2) is 11.4. The molecule has 0 saturated carbocycles. The molecule has 218 valence electrons. The molecule has 2 aliphatic heterocycles. The van der Waals surface area contributed by atoms with Crippen LogP contribution in [-0.2, 0) is 24.4 Å². The minimum absolute atomic E-state index is 0.243. The Morgan fingerprint density at radius 1 is 1.07 bits per heavy atom. The Balaban J connectivity index is 1.48. The Kier molecular flexibility index (Phi) is 7.68. The van der Waals surface area contributed by atoms with Crippen LogP contribution in [0.2, 0.25) is 5.02 Å². The van der Waals surface area contributed by atoms with Crippen molar-refractivity contribution in [1.82, 2.24) is 19.8 Å². The van der Waals surface area contributed by atoms with E-state index in [1.54, 1.807) is 23.0 Å². The molecular formula is C33H35ClN4O4. The van der Waals surface area contributed by atoms with E-state index in [4.69, 9.17) is 21.1 Å². The number of amides is 1. The first kappa shape index (κ1) is 28.2. The standard InChI is InChI=1S/C33H35ClN4O4/c1-33(2,3)42-32(40)38-26-10-9-21(19-37-12-5-4-6-13-37)14-23(26)15-27(38)24-16-28(41-20-22-8-7-11-35-17-22)30(34)25-18-36-31(39)29(24)25/h7-11,14-17H,4-6,12-13,18-20H2,1-3H3,(H,36,39). The molecule has 0 atom stereocenters. The molecular weight excluding hydrogens is 552 g/mol. The molecule has 9 heteroatoms. The number of likely N-dealkylation sites (tertiary alicyclic amines) is 1. The molecule has 8 nitrogen and oxygen atoms in total. The van der Waals surface area contributed by atoms with Gasteiger partial charge in [0.2, 0.25) is 0 Å². The number of hydrogen-bond donors (Lipinski definition) is 1. The van der Waals surface area contributed by atoms with Crippen LogP contribution < -0.4 is 10.1 Å². The molecule has 2 aliphatic rings. The Morgan fingerprint density at radius 3 is 2.62 bits per heavy atom. The number of carbonyl (C=O) groups excluding carboxylic acids is 2. The smallest absolute Gasteiger partial charge is 0.419 e. The van der Waals surface area contributed by atoms with E-state index in [1.165, 1.54) is 24.8 Å². The van der Waals surface area contributed by atoms with Crippen molar-refractivity contribution in [3.05, 3.63) is 82.1 Å². The third-order valence-electron chi connectivity index (χ3n) is 7.67. The lowest BCUT2D eigenvalue weighted by molar-refractivity contribution is 0.0547. The SMILES string of the molecule is CC(C)(C)OC(=O)n1c(-c2cc(OCc3cccnc3)c(Cl)c3c2C(=O)NC3)cc2cc(CN3CCCCC3)ccc21. The first-order valence-corrected chi connectivity index (χ1v) is 14.8. The molecule has 1 fully saturated rings. The van der Waals surface area contributed by atoms with Gasteiger partial charge in [0.25, 0.3) is 5.91 Å². The maximum absolute atomic E-state index is 13.7. The zero-order valence-electron chi connectivity index (χ0n) is 24.2. The van der Waals surface area contributed by atoms with Crippen LogP contribution in [-0.4, -0.2) is 45.1 Å². The number of ether oxygens (including phenoxy) is 2. The number of nitrogens with zero attached hydrogens (tertiary/aromatic N) is 3. The van der Waals surface area contributed by atoms with Gasteiger partial charge in [-0.2, -0.15) is 0 Å². The van der Waals surface area contributed by atoms with Crippen molar-refractivity contribution < 1.29 is 19.1 Å². The zero-order chi connectivity index (χ0) is 29.4. The van der Waals surface area contributed by atoms with Crippen molar-refractivity contribution in [2.24, 2.45) is 0 Å². The number of nitrogens with one attached hydrogen (secondary N) is 1. The minimum atomic E-state index is -0.712. The summed E-state index contributed by atoms with van der Waals surface area (Å²) >= 11 is 6.79. The maximum atomic E-state index is 13.7. The Hall–Kier alpha value is -3.88. The first-order chi connectivity index (χ1) is 20.2. The van der Waals surface area contributed by atoms with Crippen LogP contribution in [0.3, 0.4) is 0 Å². The van der Waals surface area contributed by atoms with Gasteiger partial charge in [-0.3, -0.25) is 14.7 Å². The van der Waals surface area contributed by atoms with E-state index in [1.807, 2.05) is 45.0 Å². The second-order valence-electron chi connectivity index (χ2n) is 12.0. The van der Waals surface area contributed by atoms with Gasteiger partial charge in [-0.25, -0.2) is 9.36 Å². The number of rotatable bonds is 6. The zero-order valence-corrected chi connectivity index (χ0v) is 25.0. The quantitative estimate of drug-likeness (QED) is 0.263. The van der Waals surface area contributed by atoms with Crippen LogP contribution in [0.15, 0.2) is 54.9 Å². The summed E-state index contributed by atoms with van der Waals surface area (Å²) in [6, 6.07) is 13.6. The van der Waals surface area contributed by atoms with Crippen molar-refractivity contribution in [3.63, 3.8) is 0 Å². The molecule has 42 heavy (non-hydrogen) atoms. The summed E-state index contributed by atoms with van der Waals surface area (Å²) in [5.41, 5.74) is 4.25. The van der Waals surface area contributed by atoms with E-state index in [-0.39, 0.29) is 19.1 Å². The average Bonchev–Trinajstić information content (AvgIpc) is 3.54. The van der Waals surface area contributed by atoms with Crippen molar-refractivity contribution in [2.45, 2.75) is 65.3 Å². The molecule has 1 N–H and O–H groups in total. The van der Waals surface area contributed by atoms with Crippen LogP contribution in [0.1, 0.15) is 67.1 Å². The molecule has 6 rings (SSSR count). The normalized spacial score (nSPS) is 15.5. The van der Waals surface area contributed by atoms with Crippen LogP contribution >= 0.6 is 11.6 Å². The highest BCUT2D eigenvalue weighted by Gasteiger charge is 2.32. The molecule has 0 spiro atoms. The molecule has 1 amide bonds. The first-order valence-electron chi connectivity index (χ1n) is 14.4. The lowest BCUT2D eigenvalue weighted by Crippen LogP contribution is -2.29. The Bertz CT molecular complexity index is 1650. The Morgan fingerprint density at radius 2 is 1.88 bits per heavy atom. The van der Waals surface area contributed by atoms with E-state index in [2.05, 4.69) is 27.3 Å². The number of carbonyl (C=O) groups is 2. The van der Waals surface area contributed by atoms with E-state index in [9.17, 15) is 9.59 Å². The predicted octanol–water partition coefficient (Wildman–Crippen LogP) is 6.95. The van der Waals surface area contributed by atoms with Gasteiger partial charge in [0.05, 0.1) is 21.8 Å². The van der Waals surface area contributed by atoms with Gasteiger partial charge in [-0.15, -0.1) is 0 Å². The fraction of sp³-hybridized carbons (Fsp3) is 0.364. The number of halogens is 1. The van der Waals surface area contributed by atoms with Gasteiger partial charge in [0.1, 0.15) is 18.0 Å². The largest absolute Gasteiger partial charge is 0.487 e. The molecule has 4 aromatic rings. The summed E-state index contributed by atoms with van der Waals surface area (Å²) in [5, 5.41) is 4.16. The molecule has 0 aliphatic carbocycles. The van der Waals surface area contributed by atoms with Gasteiger partial charge >= 0.3 is 6.09 Å². The van der Waals surface area contributed by atoms with Crippen LogP contribution in [0.25, 0.3) is 22.2 Å².